The van der Waals surface area contributed by atoms with E-state index >= 15 is 0 Å². The molecule has 0 heterocycles. The van der Waals surface area contributed by atoms with Gasteiger partial charge >= 0.3 is 0 Å². The van der Waals surface area contributed by atoms with Crippen molar-refractivity contribution in [2.24, 2.45) is 4.99 Å². The van der Waals surface area contributed by atoms with Gasteiger partial charge in [0, 0.05) is 25.2 Å². The molecule has 0 fully saturated rings. The van der Waals surface area contributed by atoms with Gasteiger partial charge in [-0.05, 0) is 38.1 Å². The van der Waals surface area contributed by atoms with Gasteiger partial charge in [0.25, 0.3) is 0 Å². The van der Waals surface area contributed by atoms with Gasteiger partial charge in [-0.2, -0.15) is 0 Å². The van der Waals surface area contributed by atoms with Crippen LogP contribution in [0.2, 0.25) is 0 Å². The minimum atomic E-state index is -0.391. The molecule has 7 nitrogen and oxygen atoms in total. The summed E-state index contributed by atoms with van der Waals surface area (Å²) in [7, 11) is 0. The molecule has 0 aliphatic carbocycles. The van der Waals surface area contributed by atoms with Gasteiger partial charge in [0.15, 0.2) is 17.5 Å². The Balaban J connectivity index is 1.79. The number of para-hydroxylation sites is 1. The maximum absolute atomic E-state index is 13.7. The number of ether oxygens (including phenoxy) is 2. The molecule has 0 aromatic heterocycles. The van der Waals surface area contributed by atoms with E-state index in [-0.39, 0.29) is 17.8 Å². The Morgan fingerprint density at radius 3 is 2.70 bits per heavy atom. The predicted octanol–water partition coefficient (Wildman–Crippen LogP) is 3.19. The van der Waals surface area contributed by atoms with Crippen LogP contribution in [0.4, 0.5) is 10.1 Å². The molecule has 0 aliphatic rings. The Morgan fingerprint density at radius 1 is 1.17 bits per heavy atom. The van der Waals surface area contributed by atoms with Crippen molar-refractivity contribution in [2.45, 2.75) is 26.9 Å². The first-order valence-corrected chi connectivity index (χ1v) is 9.91. The minimum absolute atomic E-state index is 0.131. The quantitative estimate of drug-likeness (QED) is 0.315. The lowest BCUT2D eigenvalue weighted by Gasteiger charge is -2.16. The highest BCUT2D eigenvalue weighted by Gasteiger charge is 2.08. The van der Waals surface area contributed by atoms with Crippen LogP contribution >= 0.6 is 0 Å². The molecule has 30 heavy (non-hydrogen) atoms. The van der Waals surface area contributed by atoms with Crippen LogP contribution in [0.15, 0.2) is 53.5 Å². The fourth-order valence-electron chi connectivity index (χ4n) is 2.56. The van der Waals surface area contributed by atoms with Crippen molar-refractivity contribution in [1.82, 2.24) is 10.6 Å². The molecule has 3 N–H and O–H groups in total. The highest BCUT2D eigenvalue weighted by atomic mass is 19.1. The highest BCUT2D eigenvalue weighted by molar-refractivity contribution is 5.88. The summed E-state index contributed by atoms with van der Waals surface area (Å²) >= 11 is 0. The third-order valence-corrected chi connectivity index (χ3v) is 3.83. The number of amides is 1. The summed E-state index contributed by atoms with van der Waals surface area (Å²) in [5.41, 5.74) is 0.687. The van der Waals surface area contributed by atoms with Crippen molar-refractivity contribution < 1.29 is 18.7 Å². The average molecular weight is 416 g/mol. The number of carbonyl (C=O) groups is 1. The Morgan fingerprint density at radius 2 is 1.97 bits per heavy atom. The van der Waals surface area contributed by atoms with Gasteiger partial charge in [-0.15, -0.1) is 0 Å². The van der Waals surface area contributed by atoms with Crippen LogP contribution in [0.5, 0.6) is 11.5 Å². The van der Waals surface area contributed by atoms with E-state index in [4.69, 9.17) is 9.47 Å². The van der Waals surface area contributed by atoms with Crippen LogP contribution < -0.4 is 25.4 Å². The van der Waals surface area contributed by atoms with Gasteiger partial charge in [0.05, 0.1) is 13.1 Å². The van der Waals surface area contributed by atoms with Crippen LogP contribution in [0.1, 0.15) is 20.8 Å². The molecule has 0 spiro atoms. The maximum atomic E-state index is 13.7. The van der Waals surface area contributed by atoms with Crippen LogP contribution in [-0.4, -0.2) is 44.2 Å². The van der Waals surface area contributed by atoms with E-state index < -0.39 is 5.82 Å². The van der Waals surface area contributed by atoms with Gasteiger partial charge in [0.2, 0.25) is 5.91 Å². The van der Waals surface area contributed by atoms with E-state index in [1.807, 2.05) is 26.0 Å². The minimum Gasteiger partial charge on any atom is -0.492 e. The molecule has 2 rings (SSSR count). The van der Waals surface area contributed by atoms with Crippen molar-refractivity contribution in [3.05, 3.63) is 54.3 Å². The van der Waals surface area contributed by atoms with E-state index in [1.165, 1.54) is 13.0 Å². The summed E-state index contributed by atoms with van der Waals surface area (Å²) in [5.74, 6) is 0.980. The van der Waals surface area contributed by atoms with E-state index in [9.17, 15) is 9.18 Å². The van der Waals surface area contributed by atoms with Crippen molar-refractivity contribution >= 4 is 17.6 Å². The summed E-state index contributed by atoms with van der Waals surface area (Å²) in [6.07, 6.45) is -0.287. The summed E-state index contributed by atoms with van der Waals surface area (Å²) in [6.45, 7) is 7.28. The van der Waals surface area contributed by atoms with E-state index in [0.717, 1.165) is 0 Å². The van der Waals surface area contributed by atoms with E-state index in [2.05, 4.69) is 20.9 Å². The lowest BCUT2D eigenvalue weighted by molar-refractivity contribution is -0.114. The standard InChI is InChI=1S/C22H29FN4O3/c1-4-24-22(26-15-16(2)30-21-11-6-5-10-20(21)23)25-12-13-29-19-9-7-8-18(14-19)27-17(3)28/h5-11,14,16H,4,12-13,15H2,1-3H3,(H,27,28)(H2,24,25,26). The lowest BCUT2D eigenvalue weighted by atomic mass is 10.3. The Bertz CT molecular complexity index is 845. The van der Waals surface area contributed by atoms with Crippen LogP contribution in [0.3, 0.4) is 0 Å². The maximum Gasteiger partial charge on any atom is 0.221 e. The third-order valence-electron chi connectivity index (χ3n) is 3.83. The van der Waals surface area contributed by atoms with Crippen LogP contribution in [0.25, 0.3) is 0 Å². The molecule has 8 heteroatoms. The SMILES string of the molecule is CCNC(=NCC(C)Oc1ccccc1F)NCCOc1cccc(NC(C)=O)c1. The first-order chi connectivity index (χ1) is 14.5. The van der Waals surface area contributed by atoms with E-state index in [1.54, 1.807) is 30.3 Å². The summed E-state index contributed by atoms with van der Waals surface area (Å²) in [4.78, 5) is 15.6. The fraction of sp³-hybridized carbons (Fsp3) is 0.364. The number of nitrogens with zero attached hydrogens (tertiary/aromatic N) is 1. The number of nitrogens with one attached hydrogen (secondary N) is 3. The normalized spacial score (nSPS) is 12.1. The number of hydrogen-bond donors (Lipinski definition) is 3. The first-order valence-electron chi connectivity index (χ1n) is 9.91. The summed E-state index contributed by atoms with van der Waals surface area (Å²) in [5, 5.41) is 9.05. The number of rotatable bonds is 10. The molecule has 0 saturated heterocycles. The number of anilines is 1. The molecule has 0 saturated carbocycles. The summed E-state index contributed by atoms with van der Waals surface area (Å²) in [6, 6.07) is 13.5. The smallest absolute Gasteiger partial charge is 0.221 e. The number of aliphatic imine (C=N–C) groups is 1. The molecule has 162 valence electrons. The Labute approximate surface area is 176 Å². The zero-order valence-corrected chi connectivity index (χ0v) is 17.6. The second-order valence-electron chi connectivity index (χ2n) is 6.56. The van der Waals surface area contributed by atoms with Gasteiger partial charge < -0.3 is 25.4 Å². The predicted molar refractivity (Wildman–Crippen MR) is 117 cm³/mol. The van der Waals surface area contributed by atoms with E-state index in [0.29, 0.717) is 43.6 Å². The molecular formula is C22H29FN4O3. The van der Waals surface area contributed by atoms with Crippen molar-refractivity contribution in [2.75, 3.05) is 31.6 Å². The largest absolute Gasteiger partial charge is 0.492 e. The molecular weight excluding hydrogens is 387 g/mol. The van der Waals surface area contributed by atoms with Crippen LogP contribution in [-0.2, 0) is 4.79 Å². The van der Waals surface area contributed by atoms with Crippen LogP contribution in [0, 0.1) is 5.82 Å². The Kier molecular flexibility index (Phi) is 9.44. The number of benzene rings is 2. The molecule has 0 aliphatic heterocycles. The highest BCUT2D eigenvalue weighted by Crippen LogP contribution is 2.18. The lowest BCUT2D eigenvalue weighted by Crippen LogP contribution is -2.40. The molecule has 2 aromatic carbocycles. The zero-order valence-electron chi connectivity index (χ0n) is 17.6. The second kappa shape index (κ2) is 12.3. The van der Waals surface area contributed by atoms with Crippen molar-refractivity contribution in [3.63, 3.8) is 0 Å². The molecule has 1 atom stereocenters. The molecule has 2 aromatic rings. The number of guanidine groups is 1. The monoisotopic (exact) mass is 416 g/mol. The average Bonchev–Trinajstić information content (AvgIpc) is 2.71. The first kappa shape index (κ1) is 23.0. The zero-order chi connectivity index (χ0) is 21.8. The van der Waals surface area contributed by atoms with Crippen molar-refractivity contribution in [3.8, 4) is 11.5 Å². The molecule has 1 amide bonds. The Hall–Kier alpha value is -3.29. The second-order valence-corrected chi connectivity index (χ2v) is 6.56. The molecule has 1 unspecified atom stereocenters. The number of carbonyl (C=O) groups excluding carboxylic acids is 1. The third kappa shape index (κ3) is 8.38. The molecule has 0 bridgehead atoms. The van der Waals surface area contributed by atoms with Crippen molar-refractivity contribution in [1.29, 1.82) is 0 Å². The van der Waals surface area contributed by atoms with Gasteiger partial charge in [-0.3, -0.25) is 4.79 Å². The van der Waals surface area contributed by atoms with Gasteiger partial charge in [-0.25, -0.2) is 9.38 Å². The topological polar surface area (TPSA) is 84.0 Å². The molecule has 0 radical (unpaired) electrons. The van der Waals surface area contributed by atoms with Gasteiger partial charge in [0.1, 0.15) is 18.5 Å². The fourth-order valence-corrected chi connectivity index (χ4v) is 2.56. The summed E-state index contributed by atoms with van der Waals surface area (Å²) < 4.78 is 25.0. The number of hydrogen-bond acceptors (Lipinski definition) is 4. The number of halogens is 1. The van der Waals surface area contributed by atoms with Gasteiger partial charge in [-0.1, -0.05) is 18.2 Å².